The molecule has 4 aromatic rings. The average molecular weight is 401 g/mol. The maximum Gasteiger partial charge on any atom is 0.262 e. The highest BCUT2D eigenvalue weighted by Crippen LogP contribution is 2.26. The Kier molecular flexibility index (Phi) is 5.70. The van der Waals surface area contributed by atoms with Crippen LogP contribution in [0.1, 0.15) is 5.89 Å². The third-order valence-corrected chi connectivity index (χ3v) is 4.14. The Morgan fingerprint density at radius 1 is 0.900 bits per heavy atom. The fraction of sp³-hybridized carbons (Fsp3) is 0.0870. The van der Waals surface area contributed by atoms with Gasteiger partial charge in [-0.2, -0.15) is 4.98 Å². The molecule has 0 aliphatic carbocycles. The minimum atomic E-state index is -0.299. The number of carbonyl (C=O) groups excluding carboxylic acids is 1. The molecule has 0 aliphatic heterocycles. The van der Waals surface area contributed by atoms with E-state index in [0.29, 0.717) is 34.5 Å². The summed E-state index contributed by atoms with van der Waals surface area (Å²) in [5.41, 5.74) is 1.25. The van der Waals surface area contributed by atoms with E-state index >= 15 is 0 Å². The number of carbonyl (C=O) groups is 1. The molecule has 30 heavy (non-hydrogen) atoms. The summed E-state index contributed by atoms with van der Waals surface area (Å²) in [6.45, 7) is 1.57. The zero-order valence-corrected chi connectivity index (χ0v) is 16.2. The molecule has 1 N–H and O–H groups in total. The third-order valence-electron chi connectivity index (χ3n) is 4.14. The monoisotopic (exact) mass is 401 g/mol. The van der Waals surface area contributed by atoms with E-state index in [4.69, 9.17) is 14.0 Å². The Morgan fingerprint density at radius 2 is 1.57 bits per heavy atom. The molecule has 0 saturated heterocycles. The van der Waals surface area contributed by atoms with E-state index in [1.54, 1.807) is 37.3 Å². The molecule has 7 heteroatoms. The zero-order chi connectivity index (χ0) is 20.8. The predicted octanol–water partition coefficient (Wildman–Crippen LogP) is 4.85. The fourth-order valence-corrected chi connectivity index (χ4v) is 2.76. The zero-order valence-electron chi connectivity index (χ0n) is 16.2. The molecular formula is C23H19N3O4. The molecule has 0 atom stereocenters. The number of anilines is 1. The van der Waals surface area contributed by atoms with Crippen molar-refractivity contribution in [3.8, 4) is 28.6 Å². The summed E-state index contributed by atoms with van der Waals surface area (Å²) in [6.07, 6.45) is 0. The number of benzene rings is 3. The van der Waals surface area contributed by atoms with Gasteiger partial charge >= 0.3 is 0 Å². The van der Waals surface area contributed by atoms with Gasteiger partial charge in [0.1, 0.15) is 17.2 Å². The summed E-state index contributed by atoms with van der Waals surface area (Å²) < 4.78 is 16.3. The van der Waals surface area contributed by atoms with E-state index < -0.39 is 0 Å². The first-order valence-electron chi connectivity index (χ1n) is 9.33. The van der Waals surface area contributed by atoms with Crippen LogP contribution in [0, 0.1) is 6.92 Å². The van der Waals surface area contributed by atoms with Gasteiger partial charge in [-0.3, -0.25) is 4.79 Å². The molecule has 1 heterocycles. The van der Waals surface area contributed by atoms with Gasteiger partial charge in [0.15, 0.2) is 6.61 Å². The number of hydrogen-bond donors (Lipinski definition) is 1. The second-order valence-corrected chi connectivity index (χ2v) is 6.41. The standard InChI is InChI=1S/C23H19N3O4/c1-16-24-23(26-30-16)20-9-5-6-10-21(20)25-22(27)15-28-17-11-13-19(14-12-17)29-18-7-3-2-4-8-18/h2-14H,15H2,1H3,(H,25,27). The molecular weight excluding hydrogens is 382 g/mol. The van der Waals surface area contributed by atoms with Crippen molar-refractivity contribution >= 4 is 11.6 Å². The molecule has 0 radical (unpaired) electrons. The van der Waals surface area contributed by atoms with Gasteiger partial charge in [0.25, 0.3) is 5.91 Å². The van der Waals surface area contributed by atoms with Gasteiger partial charge in [-0.1, -0.05) is 35.5 Å². The molecule has 4 rings (SSSR count). The van der Waals surface area contributed by atoms with Crippen LogP contribution in [0.4, 0.5) is 5.69 Å². The van der Waals surface area contributed by atoms with Crippen LogP contribution >= 0.6 is 0 Å². The van der Waals surface area contributed by atoms with Gasteiger partial charge in [0, 0.05) is 12.5 Å². The molecule has 3 aromatic carbocycles. The maximum atomic E-state index is 12.4. The van der Waals surface area contributed by atoms with Crippen LogP contribution in [0.15, 0.2) is 83.4 Å². The Hall–Kier alpha value is -4.13. The second kappa shape index (κ2) is 8.91. The van der Waals surface area contributed by atoms with Crippen LogP contribution in [0.3, 0.4) is 0 Å². The number of amides is 1. The summed E-state index contributed by atoms with van der Waals surface area (Å²) in [7, 11) is 0. The van der Waals surface area contributed by atoms with E-state index in [2.05, 4.69) is 15.5 Å². The summed E-state index contributed by atoms with van der Waals surface area (Å²) in [5.74, 6) is 2.57. The van der Waals surface area contributed by atoms with Crippen molar-refractivity contribution in [3.63, 3.8) is 0 Å². The van der Waals surface area contributed by atoms with Crippen molar-refractivity contribution in [1.29, 1.82) is 0 Å². The first-order chi connectivity index (χ1) is 14.7. The molecule has 0 bridgehead atoms. The van der Waals surface area contributed by atoms with E-state index in [1.165, 1.54) is 0 Å². The third kappa shape index (κ3) is 4.82. The summed E-state index contributed by atoms with van der Waals surface area (Å²) in [4.78, 5) is 16.6. The lowest BCUT2D eigenvalue weighted by Gasteiger charge is -2.10. The number of nitrogens with zero attached hydrogens (tertiary/aromatic N) is 2. The topological polar surface area (TPSA) is 86.5 Å². The van der Waals surface area contributed by atoms with Gasteiger partial charge in [0.2, 0.25) is 11.7 Å². The average Bonchev–Trinajstić information content (AvgIpc) is 3.20. The van der Waals surface area contributed by atoms with E-state index in [0.717, 1.165) is 5.75 Å². The van der Waals surface area contributed by atoms with Gasteiger partial charge in [-0.05, 0) is 48.5 Å². The van der Waals surface area contributed by atoms with Crippen molar-refractivity contribution in [2.75, 3.05) is 11.9 Å². The van der Waals surface area contributed by atoms with Crippen LogP contribution in [0.2, 0.25) is 0 Å². The number of para-hydroxylation sites is 2. The van der Waals surface area contributed by atoms with Crippen LogP contribution in [-0.2, 0) is 4.79 Å². The number of aryl methyl sites for hydroxylation is 1. The van der Waals surface area contributed by atoms with Crippen LogP contribution in [0.5, 0.6) is 17.2 Å². The molecule has 0 aliphatic rings. The fourth-order valence-electron chi connectivity index (χ4n) is 2.76. The molecule has 1 amide bonds. The highest BCUT2D eigenvalue weighted by molar-refractivity contribution is 5.95. The quantitative estimate of drug-likeness (QED) is 0.476. The van der Waals surface area contributed by atoms with Crippen LogP contribution < -0.4 is 14.8 Å². The SMILES string of the molecule is Cc1nc(-c2ccccc2NC(=O)COc2ccc(Oc3ccccc3)cc2)no1. The van der Waals surface area contributed by atoms with Gasteiger partial charge in [-0.15, -0.1) is 0 Å². The second-order valence-electron chi connectivity index (χ2n) is 6.41. The molecule has 0 fully saturated rings. The molecule has 0 spiro atoms. The lowest BCUT2D eigenvalue weighted by Crippen LogP contribution is -2.20. The van der Waals surface area contributed by atoms with Gasteiger partial charge < -0.3 is 19.3 Å². The van der Waals surface area contributed by atoms with Crippen molar-refractivity contribution in [3.05, 3.63) is 84.8 Å². The largest absolute Gasteiger partial charge is 0.484 e. The Bertz CT molecular complexity index is 1120. The summed E-state index contributed by atoms with van der Waals surface area (Å²) in [6, 6.07) is 23.8. The Labute approximate surface area is 173 Å². The van der Waals surface area contributed by atoms with Crippen molar-refractivity contribution < 1.29 is 18.8 Å². The molecule has 0 saturated carbocycles. The van der Waals surface area contributed by atoms with Gasteiger partial charge in [0.05, 0.1) is 5.69 Å². The van der Waals surface area contributed by atoms with E-state index in [1.807, 2.05) is 48.5 Å². The number of ether oxygens (including phenoxy) is 2. The lowest BCUT2D eigenvalue weighted by atomic mass is 10.1. The Morgan fingerprint density at radius 3 is 2.30 bits per heavy atom. The first-order valence-corrected chi connectivity index (χ1v) is 9.33. The molecule has 7 nitrogen and oxygen atoms in total. The normalized spacial score (nSPS) is 10.4. The summed E-state index contributed by atoms with van der Waals surface area (Å²) in [5, 5.41) is 6.73. The van der Waals surface area contributed by atoms with Crippen LogP contribution in [0.25, 0.3) is 11.4 Å². The number of hydrogen-bond acceptors (Lipinski definition) is 6. The summed E-state index contributed by atoms with van der Waals surface area (Å²) >= 11 is 0. The number of aromatic nitrogens is 2. The van der Waals surface area contributed by atoms with Crippen molar-refractivity contribution in [2.45, 2.75) is 6.92 Å². The molecule has 150 valence electrons. The van der Waals surface area contributed by atoms with Crippen molar-refractivity contribution in [2.24, 2.45) is 0 Å². The molecule has 0 unspecified atom stereocenters. The molecule has 1 aromatic heterocycles. The highest BCUT2D eigenvalue weighted by atomic mass is 16.5. The van der Waals surface area contributed by atoms with Crippen LogP contribution in [-0.4, -0.2) is 22.7 Å². The van der Waals surface area contributed by atoms with E-state index in [-0.39, 0.29) is 12.5 Å². The van der Waals surface area contributed by atoms with Crippen molar-refractivity contribution in [1.82, 2.24) is 10.1 Å². The highest BCUT2D eigenvalue weighted by Gasteiger charge is 2.13. The van der Waals surface area contributed by atoms with E-state index in [9.17, 15) is 4.79 Å². The number of rotatable bonds is 7. The minimum absolute atomic E-state index is 0.140. The smallest absolute Gasteiger partial charge is 0.262 e. The maximum absolute atomic E-state index is 12.4. The minimum Gasteiger partial charge on any atom is -0.484 e. The predicted molar refractivity (Wildman–Crippen MR) is 112 cm³/mol. The Balaban J connectivity index is 1.34. The lowest BCUT2D eigenvalue weighted by molar-refractivity contribution is -0.118. The first kappa shape index (κ1) is 19.2. The number of nitrogens with one attached hydrogen (secondary N) is 1. The van der Waals surface area contributed by atoms with Gasteiger partial charge in [-0.25, -0.2) is 0 Å².